The molecule has 1 aromatic heterocycles. The van der Waals surface area contributed by atoms with E-state index in [0.717, 1.165) is 5.69 Å². The zero-order valence-electron chi connectivity index (χ0n) is 13.4. The van der Waals surface area contributed by atoms with Crippen LogP contribution in [0.5, 0.6) is 5.75 Å². The molecule has 0 aliphatic heterocycles. The second-order valence-electron chi connectivity index (χ2n) is 5.14. The number of carbonyl (C=O) groups excluding carboxylic acids is 1. The van der Waals surface area contributed by atoms with Crippen LogP contribution in [0, 0.1) is 24.0 Å². The summed E-state index contributed by atoms with van der Waals surface area (Å²) >= 11 is 0. The maximum atomic E-state index is 12.3. The summed E-state index contributed by atoms with van der Waals surface area (Å²) in [4.78, 5) is 22.7. The number of nitrogens with one attached hydrogen (secondary N) is 1. The molecule has 23 heavy (non-hydrogen) atoms. The van der Waals surface area contributed by atoms with Gasteiger partial charge in [0.15, 0.2) is 11.9 Å². The van der Waals surface area contributed by atoms with Gasteiger partial charge in [-0.15, -0.1) is 0 Å². The van der Waals surface area contributed by atoms with Crippen LogP contribution >= 0.6 is 0 Å². The average molecular weight is 318 g/mol. The Labute approximate surface area is 133 Å². The summed E-state index contributed by atoms with van der Waals surface area (Å²) in [5, 5.41) is 17.9. The van der Waals surface area contributed by atoms with E-state index < -0.39 is 16.9 Å². The minimum atomic E-state index is -0.893. The summed E-state index contributed by atoms with van der Waals surface area (Å²) in [5.74, 6) is -0.345. The first-order valence-corrected chi connectivity index (χ1v) is 7.02. The first-order chi connectivity index (χ1) is 10.8. The Hall–Kier alpha value is -2.90. The number of nitro benzene ring substituents is 1. The summed E-state index contributed by atoms with van der Waals surface area (Å²) in [5.41, 5.74) is 1.95. The standard InChI is InChI=1S/C15H18N4O4/c1-9-14(10(2)18(4)17-9)16-15(20)11(3)23-13-8-6-5-7-12(13)19(21)22/h5-8,11H,1-4H3,(H,16,20)/t11-/m0/s1. The number of ether oxygens (including phenoxy) is 1. The molecule has 8 nitrogen and oxygen atoms in total. The van der Waals surface area contributed by atoms with Crippen molar-refractivity contribution in [3.05, 3.63) is 45.8 Å². The molecule has 2 rings (SSSR count). The van der Waals surface area contributed by atoms with E-state index in [1.807, 2.05) is 6.92 Å². The Morgan fingerprint density at radius 1 is 1.39 bits per heavy atom. The highest BCUT2D eigenvalue weighted by Gasteiger charge is 2.22. The predicted molar refractivity (Wildman–Crippen MR) is 84.5 cm³/mol. The zero-order chi connectivity index (χ0) is 17.1. The Bertz CT molecular complexity index is 754. The number of rotatable bonds is 5. The zero-order valence-corrected chi connectivity index (χ0v) is 13.4. The first-order valence-electron chi connectivity index (χ1n) is 7.02. The van der Waals surface area contributed by atoms with E-state index in [0.29, 0.717) is 11.4 Å². The second kappa shape index (κ2) is 6.47. The van der Waals surface area contributed by atoms with Crippen molar-refractivity contribution in [1.82, 2.24) is 9.78 Å². The molecule has 0 aliphatic rings. The lowest BCUT2D eigenvalue weighted by atomic mass is 10.2. The van der Waals surface area contributed by atoms with Crippen LogP contribution in [0.3, 0.4) is 0 Å². The monoisotopic (exact) mass is 318 g/mol. The van der Waals surface area contributed by atoms with Crippen LogP contribution in [0.2, 0.25) is 0 Å². The molecule has 2 aromatic rings. The van der Waals surface area contributed by atoms with Gasteiger partial charge in [-0.2, -0.15) is 5.10 Å². The maximum absolute atomic E-state index is 12.3. The second-order valence-corrected chi connectivity index (χ2v) is 5.14. The van der Waals surface area contributed by atoms with Gasteiger partial charge >= 0.3 is 5.69 Å². The number of aryl methyl sites for hydroxylation is 2. The Kier molecular flexibility index (Phi) is 4.63. The van der Waals surface area contributed by atoms with Crippen molar-refractivity contribution in [3.63, 3.8) is 0 Å². The minimum absolute atomic E-state index is 0.0554. The van der Waals surface area contributed by atoms with Gasteiger partial charge in [0, 0.05) is 13.1 Å². The third-order valence-electron chi connectivity index (χ3n) is 3.49. The number of amides is 1. The van der Waals surface area contributed by atoms with E-state index in [1.54, 1.807) is 24.7 Å². The van der Waals surface area contributed by atoms with E-state index in [9.17, 15) is 14.9 Å². The molecule has 1 amide bonds. The van der Waals surface area contributed by atoms with Gasteiger partial charge in [0.25, 0.3) is 5.91 Å². The number of nitro groups is 1. The Morgan fingerprint density at radius 2 is 2.04 bits per heavy atom. The molecular weight excluding hydrogens is 300 g/mol. The summed E-state index contributed by atoms with van der Waals surface area (Å²) < 4.78 is 7.11. The molecule has 0 spiro atoms. The fourth-order valence-corrected chi connectivity index (χ4v) is 2.13. The summed E-state index contributed by atoms with van der Waals surface area (Å²) in [7, 11) is 1.78. The largest absolute Gasteiger partial charge is 0.474 e. The topological polar surface area (TPSA) is 99.3 Å². The number of aromatic nitrogens is 2. The van der Waals surface area contributed by atoms with E-state index in [1.165, 1.54) is 25.1 Å². The third kappa shape index (κ3) is 3.47. The van der Waals surface area contributed by atoms with Crippen LogP contribution in [0.25, 0.3) is 0 Å². The molecule has 122 valence electrons. The van der Waals surface area contributed by atoms with E-state index in [2.05, 4.69) is 10.4 Å². The Balaban J connectivity index is 2.13. The lowest BCUT2D eigenvalue weighted by molar-refractivity contribution is -0.386. The number of benzene rings is 1. The third-order valence-corrected chi connectivity index (χ3v) is 3.49. The van der Waals surface area contributed by atoms with Gasteiger partial charge in [0.1, 0.15) is 0 Å². The molecule has 0 saturated carbocycles. The highest BCUT2D eigenvalue weighted by molar-refractivity contribution is 5.95. The van der Waals surface area contributed by atoms with E-state index in [-0.39, 0.29) is 11.4 Å². The lowest BCUT2D eigenvalue weighted by Gasteiger charge is -2.14. The van der Waals surface area contributed by atoms with Crippen molar-refractivity contribution >= 4 is 17.3 Å². The molecule has 0 fully saturated rings. The molecule has 0 saturated heterocycles. The smallest absolute Gasteiger partial charge is 0.310 e. The molecule has 0 unspecified atom stereocenters. The van der Waals surface area contributed by atoms with Crippen LogP contribution in [-0.4, -0.2) is 26.7 Å². The van der Waals surface area contributed by atoms with Crippen molar-refractivity contribution < 1.29 is 14.5 Å². The van der Waals surface area contributed by atoms with Crippen LogP contribution in [-0.2, 0) is 11.8 Å². The number of hydrogen-bond acceptors (Lipinski definition) is 5. The number of para-hydroxylation sites is 2. The molecule has 1 heterocycles. The van der Waals surface area contributed by atoms with Crippen molar-refractivity contribution in [2.75, 3.05) is 5.32 Å². The van der Waals surface area contributed by atoms with Crippen LogP contribution in [0.4, 0.5) is 11.4 Å². The lowest BCUT2D eigenvalue weighted by Crippen LogP contribution is -2.30. The van der Waals surface area contributed by atoms with Crippen LogP contribution in [0.15, 0.2) is 24.3 Å². The van der Waals surface area contributed by atoms with Gasteiger partial charge in [-0.25, -0.2) is 0 Å². The van der Waals surface area contributed by atoms with Gasteiger partial charge in [-0.1, -0.05) is 12.1 Å². The highest BCUT2D eigenvalue weighted by Crippen LogP contribution is 2.27. The summed E-state index contributed by atoms with van der Waals surface area (Å²) in [6.45, 7) is 5.16. The average Bonchev–Trinajstić information content (AvgIpc) is 2.73. The number of anilines is 1. The Morgan fingerprint density at radius 3 is 2.61 bits per heavy atom. The number of nitrogens with zero attached hydrogens (tertiary/aromatic N) is 3. The van der Waals surface area contributed by atoms with Crippen molar-refractivity contribution in [1.29, 1.82) is 0 Å². The minimum Gasteiger partial charge on any atom is -0.474 e. The normalized spacial score (nSPS) is 11.8. The van der Waals surface area contributed by atoms with Crippen LogP contribution in [0.1, 0.15) is 18.3 Å². The highest BCUT2D eigenvalue weighted by atomic mass is 16.6. The molecule has 1 N–H and O–H groups in total. The first kappa shape index (κ1) is 16.5. The number of carbonyl (C=O) groups is 1. The van der Waals surface area contributed by atoms with Gasteiger partial charge in [0.05, 0.1) is 22.0 Å². The quantitative estimate of drug-likeness (QED) is 0.674. The fourth-order valence-electron chi connectivity index (χ4n) is 2.13. The maximum Gasteiger partial charge on any atom is 0.310 e. The number of hydrogen-bond donors (Lipinski definition) is 1. The van der Waals surface area contributed by atoms with Crippen molar-refractivity contribution in [2.45, 2.75) is 26.9 Å². The molecule has 0 aliphatic carbocycles. The van der Waals surface area contributed by atoms with Gasteiger partial charge in [-0.3, -0.25) is 19.6 Å². The van der Waals surface area contributed by atoms with Crippen molar-refractivity contribution in [3.8, 4) is 5.75 Å². The van der Waals surface area contributed by atoms with Gasteiger partial charge < -0.3 is 10.1 Å². The molecule has 1 aromatic carbocycles. The molecule has 0 radical (unpaired) electrons. The fraction of sp³-hybridized carbons (Fsp3) is 0.333. The van der Waals surface area contributed by atoms with E-state index >= 15 is 0 Å². The van der Waals surface area contributed by atoms with Crippen molar-refractivity contribution in [2.24, 2.45) is 7.05 Å². The summed E-state index contributed by atoms with van der Waals surface area (Å²) in [6.07, 6.45) is -0.893. The predicted octanol–water partition coefficient (Wildman–Crippen LogP) is 2.35. The summed E-state index contributed by atoms with van der Waals surface area (Å²) in [6, 6.07) is 5.94. The van der Waals surface area contributed by atoms with Gasteiger partial charge in [-0.05, 0) is 26.8 Å². The molecule has 0 bridgehead atoms. The SMILES string of the molecule is Cc1nn(C)c(C)c1NC(=O)[C@H](C)Oc1ccccc1[N+](=O)[O-]. The molecular formula is C15H18N4O4. The van der Waals surface area contributed by atoms with Crippen LogP contribution < -0.4 is 10.1 Å². The molecule has 8 heteroatoms. The molecule has 1 atom stereocenters. The van der Waals surface area contributed by atoms with E-state index in [4.69, 9.17) is 4.74 Å². The van der Waals surface area contributed by atoms with Gasteiger partial charge in [0.2, 0.25) is 0 Å².